The summed E-state index contributed by atoms with van der Waals surface area (Å²) < 4.78 is 5.19. The first kappa shape index (κ1) is 15.5. The fraction of sp³-hybridized carbons (Fsp3) is 0.133. The molecule has 0 saturated carbocycles. The number of nitrogens with zero attached hydrogens (tertiary/aromatic N) is 2. The maximum absolute atomic E-state index is 12.2. The van der Waals surface area contributed by atoms with Crippen molar-refractivity contribution >= 4 is 39.8 Å². The quantitative estimate of drug-likeness (QED) is 0.733. The highest BCUT2D eigenvalue weighted by Crippen LogP contribution is 2.25. The summed E-state index contributed by atoms with van der Waals surface area (Å²) >= 11 is 7.06. The van der Waals surface area contributed by atoms with Gasteiger partial charge in [0, 0.05) is 6.20 Å². The molecular weight excluding hydrogens is 336 g/mol. The maximum Gasteiger partial charge on any atom is 0.263 e. The van der Waals surface area contributed by atoms with E-state index >= 15 is 0 Å². The van der Waals surface area contributed by atoms with E-state index in [9.17, 15) is 4.79 Å². The number of hydrogen-bond donors (Lipinski definition) is 2. The molecule has 0 atom stereocenters. The summed E-state index contributed by atoms with van der Waals surface area (Å²) in [5.41, 5.74) is 0.656. The topological polar surface area (TPSA) is 80.0 Å². The van der Waals surface area contributed by atoms with Gasteiger partial charge in [-0.1, -0.05) is 22.9 Å². The van der Waals surface area contributed by atoms with E-state index in [4.69, 9.17) is 16.0 Å². The van der Waals surface area contributed by atoms with Crippen molar-refractivity contribution in [3.8, 4) is 0 Å². The standard InChI is InChI=1S/C15H13ClN4O2S/c1-9-13(14(21)18-8-11-3-2-6-22-11)23-15(19-9)20-12-5-4-10(16)7-17-12/h2-7H,8H2,1H3,(H,18,21)(H,17,19,20). The molecule has 3 heterocycles. The molecule has 1 amide bonds. The molecule has 6 nitrogen and oxygen atoms in total. The number of carbonyl (C=O) groups is 1. The van der Waals surface area contributed by atoms with Crippen LogP contribution in [0.1, 0.15) is 21.1 Å². The Kier molecular flexibility index (Phi) is 4.59. The molecule has 0 aliphatic carbocycles. The van der Waals surface area contributed by atoms with Crippen molar-refractivity contribution in [3.05, 3.63) is 58.1 Å². The van der Waals surface area contributed by atoms with Crippen LogP contribution in [0.4, 0.5) is 10.9 Å². The van der Waals surface area contributed by atoms with Gasteiger partial charge in [0.2, 0.25) is 0 Å². The molecule has 118 valence electrons. The molecule has 8 heteroatoms. The summed E-state index contributed by atoms with van der Waals surface area (Å²) in [5.74, 6) is 1.13. The molecule has 3 rings (SSSR count). The van der Waals surface area contributed by atoms with Gasteiger partial charge in [0.25, 0.3) is 5.91 Å². The minimum absolute atomic E-state index is 0.187. The highest BCUT2D eigenvalue weighted by molar-refractivity contribution is 7.17. The normalized spacial score (nSPS) is 10.5. The van der Waals surface area contributed by atoms with E-state index in [2.05, 4.69) is 20.6 Å². The highest BCUT2D eigenvalue weighted by Gasteiger charge is 2.15. The van der Waals surface area contributed by atoms with Crippen molar-refractivity contribution in [1.29, 1.82) is 0 Å². The predicted octanol–water partition coefficient (Wildman–Crippen LogP) is 3.77. The molecule has 0 bridgehead atoms. The lowest BCUT2D eigenvalue weighted by Gasteiger charge is -2.01. The maximum atomic E-state index is 12.2. The molecule has 0 spiro atoms. The van der Waals surface area contributed by atoms with E-state index in [1.165, 1.54) is 11.3 Å². The number of aryl methyl sites for hydroxylation is 1. The van der Waals surface area contributed by atoms with E-state index in [0.717, 1.165) is 0 Å². The third-order valence-corrected chi connectivity index (χ3v) is 4.26. The Bertz CT molecular complexity index is 800. The first-order valence-electron chi connectivity index (χ1n) is 6.78. The minimum atomic E-state index is -0.187. The summed E-state index contributed by atoms with van der Waals surface area (Å²) in [7, 11) is 0. The third-order valence-electron chi connectivity index (χ3n) is 2.97. The van der Waals surface area contributed by atoms with Gasteiger partial charge < -0.3 is 15.1 Å². The first-order valence-corrected chi connectivity index (χ1v) is 7.98. The minimum Gasteiger partial charge on any atom is -0.467 e. The number of nitrogens with one attached hydrogen (secondary N) is 2. The van der Waals surface area contributed by atoms with Crippen LogP contribution in [-0.2, 0) is 6.54 Å². The Morgan fingerprint density at radius 2 is 2.26 bits per heavy atom. The van der Waals surface area contributed by atoms with Crippen LogP contribution in [-0.4, -0.2) is 15.9 Å². The van der Waals surface area contributed by atoms with Crippen LogP contribution in [0.3, 0.4) is 0 Å². The molecule has 2 N–H and O–H groups in total. The number of aromatic nitrogens is 2. The second-order valence-electron chi connectivity index (χ2n) is 4.68. The van der Waals surface area contributed by atoms with Gasteiger partial charge in [0.15, 0.2) is 5.13 Å². The summed E-state index contributed by atoms with van der Waals surface area (Å²) in [6.45, 7) is 2.13. The number of furan rings is 1. The zero-order chi connectivity index (χ0) is 16.2. The van der Waals surface area contributed by atoms with Gasteiger partial charge in [-0.25, -0.2) is 9.97 Å². The number of rotatable bonds is 5. The van der Waals surface area contributed by atoms with E-state index < -0.39 is 0 Å². The van der Waals surface area contributed by atoms with Crippen LogP contribution in [0.5, 0.6) is 0 Å². The SMILES string of the molecule is Cc1nc(Nc2ccc(Cl)cn2)sc1C(=O)NCc1ccco1. The number of halogens is 1. The lowest BCUT2D eigenvalue weighted by molar-refractivity contribution is 0.0951. The molecule has 3 aromatic rings. The van der Waals surface area contributed by atoms with Crippen molar-refractivity contribution in [2.45, 2.75) is 13.5 Å². The molecule has 0 fully saturated rings. The van der Waals surface area contributed by atoms with Crippen LogP contribution < -0.4 is 10.6 Å². The predicted molar refractivity (Wildman–Crippen MR) is 89.3 cm³/mol. The zero-order valence-electron chi connectivity index (χ0n) is 12.2. The number of amides is 1. The zero-order valence-corrected chi connectivity index (χ0v) is 13.7. The average Bonchev–Trinajstić information content (AvgIpc) is 3.17. The van der Waals surface area contributed by atoms with Crippen LogP contribution in [0.15, 0.2) is 41.1 Å². The Balaban J connectivity index is 1.67. The molecule has 0 saturated heterocycles. The Hall–Kier alpha value is -2.38. The van der Waals surface area contributed by atoms with Crippen LogP contribution >= 0.6 is 22.9 Å². The Labute approximate surface area is 141 Å². The van der Waals surface area contributed by atoms with E-state index in [1.54, 1.807) is 43.6 Å². The van der Waals surface area contributed by atoms with Crippen LogP contribution in [0.25, 0.3) is 0 Å². The third kappa shape index (κ3) is 3.88. The van der Waals surface area contributed by atoms with Crippen LogP contribution in [0.2, 0.25) is 5.02 Å². The summed E-state index contributed by atoms with van der Waals surface area (Å²) in [6.07, 6.45) is 3.11. The Morgan fingerprint density at radius 3 is 2.96 bits per heavy atom. The number of carbonyl (C=O) groups excluding carboxylic acids is 1. The first-order chi connectivity index (χ1) is 11.1. The molecular formula is C15H13ClN4O2S. The monoisotopic (exact) mass is 348 g/mol. The molecule has 23 heavy (non-hydrogen) atoms. The van der Waals surface area contributed by atoms with Crippen LogP contribution in [0, 0.1) is 6.92 Å². The van der Waals surface area contributed by atoms with Gasteiger partial charge in [-0.2, -0.15) is 0 Å². The number of hydrogen-bond acceptors (Lipinski definition) is 6. The second-order valence-corrected chi connectivity index (χ2v) is 6.12. The van der Waals surface area contributed by atoms with E-state index in [1.807, 2.05) is 0 Å². The van der Waals surface area contributed by atoms with Crippen molar-refractivity contribution in [2.24, 2.45) is 0 Å². The second kappa shape index (κ2) is 6.80. The Morgan fingerprint density at radius 1 is 1.39 bits per heavy atom. The lowest BCUT2D eigenvalue weighted by atomic mass is 10.3. The number of pyridine rings is 1. The molecule has 0 aliphatic heterocycles. The van der Waals surface area contributed by atoms with Gasteiger partial charge in [0.05, 0.1) is 23.5 Å². The lowest BCUT2D eigenvalue weighted by Crippen LogP contribution is -2.22. The van der Waals surface area contributed by atoms with Gasteiger partial charge in [-0.15, -0.1) is 0 Å². The van der Waals surface area contributed by atoms with Crippen molar-refractivity contribution in [3.63, 3.8) is 0 Å². The largest absolute Gasteiger partial charge is 0.467 e. The molecule has 0 unspecified atom stereocenters. The molecule has 0 aromatic carbocycles. The fourth-order valence-electron chi connectivity index (χ4n) is 1.88. The van der Waals surface area contributed by atoms with Crippen molar-refractivity contribution in [2.75, 3.05) is 5.32 Å². The molecule has 0 aliphatic rings. The smallest absolute Gasteiger partial charge is 0.263 e. The van der Waals surface area contributed by atoms with E-state index in [-0.39, 0.29) is 5.91 Å². The highest BCUT2D eigenvalue weighted by atomic mass is 35.5. The summed E-state index contributed by atoms with van der Waals surface area (Å²) in [5, 5.41) is 7.02. The summed E-state index contributed by atoms with van der Waals surface area (Å²) in [6, 6.07) is 7.06. The van der Waals surface area contributed by atoms with Gasteiger partial charge in [-0.05, 0) is 31.2 Å². The molecule has 3 aromatic heterocycles. The number of anilines is 2. The van der Waals surface area contributed by atoms with Crippen molar-refractivity contribution in [1.82, 2.24) is 15.3 Å². The van der Waals surface area contributed by atoms with Gasteiger partial charge in [0.1, 0.15) is 16.5 Å². The number of thiazole rings is 1. The fourth-order valence-corrected chi connectivity index (χ4v) is 2.88. The van der Waals surface area contributed by atoms with Gasteiger partial charge in [-0.3, -0.25) is 4.79 Å². The molecule has 0 radical (unpaired) electrons. The summed E-state index contributed by atoms with van der Waals surface area (Å²) in [4.78, 5) is 21.3. The van der Waals surface area contributed by atoms with Crippen molar-refractivity contribution < 1.29 is 9.21 Å². The average molecular weight is 349 g/mol. The van der Waals surface area contributed by atoms with Gasteiger partial charge >= 0.3 is 0 Å². The van der Waals surface area contributed by atoms with E-state index in [0.29, 0.717) is 38.8 Å².